The van der Waals surface area contributed by atoms with E-state index in [-0.39, 0.29) is 12.3 Å². The fraction of sp³-hybridized carbons (Fsp3) is 0.692. The largest absolute Gasteiger partial charge is 0.481 e. The summed E-state index contributed by atoms with van der Waals surface area (Å²) in [4.78, 5) is 97.1. The number of rotatable bonds is 21. The number of aliphatic carboxylic acids is 3. The number of hydrogen-bond acceptors (Lipinski definition) is 11. The maximum absolute atomic E-state index is 13.0. The van der Waals surface area contributed by atoms with Gasteiger partial charge in [-0.2, -0.15) is 0 Å². The smallest absolute Gasteiger partial charge is 0.326 e. The number of amides is 5. The van der Waals surface area contributed by atoms with Gasteiger partial charge < -0.3 is 57.9 Å². The molecule has 0 saturated carbocycles. The number of aliphatic hydroxyl groups is 2. The van der Waals surface area contributed by atoms with Crippen molar-refractivity contribution in [2.75, 3.05) is 13.2 Å². The highest BCUT2D eigenvalue weighted by Crippen LogP contribution is 2.08. The molecule has 256 valence electrons. The summed E-state index contributed by atoms with van der Waals surface area (Å²) in [5.74, 6) is -10.6. The summed E-state index contributed by atoms with van der Waals surface area (Å²) in [5, 5.41) is 57.2. The number of hydrogen-bond donors (Lipinski definition) is 11. The van der Waals surface area contributed by atoms with Crippen molar-refractivity contribution in [3.8, 4) is 0 Å². The van der Waals surface area contributed by atoms with Crippen molar-refractivity contribution in [3.63, 3.8) is 0 Å². The van der Waals surface area contributed by atoms with Crippen LogP contribution in [0, 0.1) is 11.8 Å². The van der Waals surface area contributed by atoms with Crippen LogP contribution < -0.4 is 32.3 Å². The number of aliphatic hydroxyl groups excluding tert-OH is 2. The Morgan fingerprint density at radius 2 is 1.07 bits per heavy atom. The average molecular weight is 649 g/mol. The van der Waals surface area contributed by atoms with Crippen LogP contribution in [0.25, 0.3) is 0 Å². The average Bonchev–Trinajstić information content (AvgIpc) is 2.96. The van der Waals surface area contributed by atoms with Gasteiger partial charge in [-0.25, -0.2) is 4.79 Å². The first kappa shape index (κ1) is 40.6. The lowest BCUT2D eigenvalue weighted by Gasteiger charge is -2.27. The van der Waals surface area contributed by atoms with Gasteiger partial charge in [-0.1, -0.05) is 34.1 Å². The van der Waals surface area contributed by atoms with Crippen LogP contribution in [0.2, 0.25) is 0 Å². The number of carbonyl (C=O) groups is 8. The summed E-state index contributed by atoms with van der Waals surface area (Å²) >= 11 is 0. The number of carboxylic acid groups (broad SMARTS) is 3. The minimum Gasteiger partial charge on any atom is -0.481 e. The summed E-state index contributed by atoms with van der Waals surface area (Å²) in [5.41, 5.74) is 5.89. The molecular formula is C26H44N6O13. The molecule has 0 radical (unpaired) electrons. The molecule has 12 N–H and O–H groups in total. The Kier molecular flexibility index (Phi) is 17.9. The molecule has 19 nitrogen and oxygen atoms in total. The Labute approximate surface area is 258 Å². The predicted octanol–water partition coefficient (Wildman–Crippen LogP) is -4.15. The van der Waals surface area contributed by atoms with Gasteiger partial charge in [0.15, 0.2) is 0 Å². The van der Waals surface area contributed by atoms with Gasteiger partial charge in [-0.15, -0.1) is 0 Å². The highest BCUT2D eigenvalue weighted by atomic mass is 16.4. The first-order valence-electron chi connectivity index (χ1n) is 14.0. The molecule has 0 aliphatic rings. The molecule has 0 aromatic rings. The Morgan fingerprint density at radius 3 is 1.49 bits per heavy atom. The van der Waals surface area contributed by atoms with E-state index in [0.29, 0.717) is 6.42 Å². The molecule has 0 heterocycles. The Morgan fingerprint density at radius 1 is 0.622 bits per heavy atom. The van der Waals surface area contributed by atoms with Crippen molar-refractivity contribution < 1.29 is 63.9 Å². The topological polar surface area (TPSA) is 324 Å². The Hall–Kier alpha value is -4.36. The van der Waals surface area contributed by atoms with Crippen molar-refractivity contribution >= 4 is 47.4 Å². The highest BCUT2D eigenvalue weighted by molar-refractivity contribution is 5.96. The quantitative estimate of drug-likeness (QED) is 0.0563. The highest BCUT2D eigenvalue weighted by Gasteiger charge is 2.34. The van der Waals surface area contributed by atoms with E-state index in [0.717, 1.165) is 0 Å². The van der Waals surface area contributed by atoms with Crippen molar-refractivity contribution in [3.05, 3.63) is 0 Å². The van der Waals surface area contributed by atoms with Gasteiger partial charge in [0.2, 0.25) is 29.5 Å². The molecule has 0 fully saturated rings. The first-order valence-corrected chi connectivity index (χ1v) is 14.0. The summed E-state index contributed by atoms with van der Waals surface area (Å²) in [7, 11) is 0. The summed E-state index contributed by atoms with van der Waals surface area (Å²) in [6, 6.07) is -9.21. The minimum absolute atomic E-state index is 0.275. The summed E-state index contributed by atoms with van der Waals surface area (Å²) < 4.78 is 0. The molecule has 0 bridgehead atoms. The van der Waals surface area contributed by atoms with Gasteiger partial charge in [0, 0.05) is 6.42 Å². The second-order valence-corrected chi connectivity index (χ2v) is 10.6. The Bertz CT molecular complexity index is 1090. The third-order valence-electron chi connectivity index (χ3n) is 6.71. The van der Waals surface area contributed by atoms with E-state index in [1.54, 1.807) is 13.8 Å². The zero-order valence-electron chi connectivity index (χ0n) is 25.4. The van der Waals surface area contributed by atoms with Crippen molar-refractivity contribution in [1.29, 1.82) is 0 Å². The van der Waals surface area contributed by atoms with E-state index in [1.165, 1.54) is 13.8 Å². The van der Waals surface area contributed by atoms with Crippen LogP contribution in [0.3, 0.4) is 0 Å². The Balaban J connectivity index is 5.70. The van der Waals surface area contributed by atoms with Crippen molar-refractivity contribution in [2.24, 2.45) is 17.6 Å². The molecule has 5 amide bonds. The van der Waals surface area contributed by atoms with Gasteiger partial charge in [0.25, 0.3) is 0 Å². The maximum atomic E-state index is 13.0. The molecular weight excluding hydrogens is 604 g/mol. The van der Waals surface area contributed by atoms with Crippen LogP contribution in [-0.4, -0.2) is 122 Å². The standard InChI is InChI=1S/C26H44N6O13/c1-5-12(4)19(27)24(42)28-13(6-7-17(35)36)21(39)30-16(10-34)23(41)32-20(11(2)3)25(43)31-15(9-33)22(40)29-14(26(44)45)8-18(37)38/h11-16,19-20,33-34H,5-10,27H2,1-4H3,(H,28,42)(H,29,40)(H,30,39)(H,31,43)(H,32,41)(H,35,36)(H,37,38)(H,44,45)/t12-,13-,14-,15-,16-,19-,20-/m0/s1. The number of carbonyl (C=O) groups excluding carboxylic acids is 5. The SMILES string of the molecule is CC[C@H](C)[C@H](N)C(=O)N[C@@H](CCC(=O)O)C(=O)N[C@@H](CO)C(=O)N[C@H](C(=O)N[C@@H](CO)C(=O)N[C@@H](CC(=O)O)C(=O)O)C(C)C. The fourth-order valence-corrected chi connectivity index (χ4v) is 3.67. The summed E-state index contributed by atoms with van der Waals surface area (Å²) in [6.07, 6.45) is -1.37. The van der Waals surface area contributed by atoms with Gasteiger partial charge in [-0.3, -0.25) is 33.6 Å². The number of nitrogens with two attached hydrogens (primary N) is 1. The molecule has 0 aromatic heterocycles. The lowest BCUT2D eigenvalue weighted by Crippen LogP contribution is -2.61. The summed E-state index contributed by atoms with van der Waals surface area (Å²) in [6.45, 7) is 4.43. The number of carboxylic acids is 3. The molecule has 0 aliphatic heterocycles. The van der Waals surface area contributed by atoms with Gasteiger partial charge in [0.1, 0.15) is 30.2 Å². The first-order chi connectivity index (χ1) is 20.9. The van der Waals surface area contributed by atoms with E-state index in [4.69, 9.17) is 21.1 Å². The van der Waals surface area contributed by atoms with Crippen molar-refractivity contribution in [2.45, 2.75) is 89.6 Å². The molecule has 0 aliphatic carbocycles. The van der Waals surface area contributed by atoms with Gasteiger partial charge in [-0.05, 0) is 18.3 Å². The second kappa shape index (κ2) is 19.8. The van der Waals surface area contributed by atoms with Gasteiger partial charge >= 0.3 is 17.9 Å². The third kappa shape index (κ3) is 14.3. The van der Waals surface area contributed by atoms with E-state index in [9.17, 15) is 48.6 Å². The fourth-order valence-electron chi connectivity index (χ4n) is 3.67. The normalized spacial score (nSPS) is 15.6. The molecule has 0 saturated heterocycles. The van der Waals surface area contributed by atoms with Crippen LogP contribution in [0.5, 0.6) is 0 Å². The van der Waals surface area contributed by atoms with Crippen molar-refractivity contribution in [1.82, 2.24) is 26.6 Å². The zero-order chi connectivity index (χ0) is 35.0. The molecule has 45 heavy (non-hydrogen) atoms. The molecule has 0 aromatic carbocycles. The molecule has 19 heteroatoms. The van der Waals surface area contributed by atoms with Crippen LogP contribution in [0.15, 0.2) is 0 Å². The van der Waals surface area contributed by atoms with E-state index in [1.807, 2.05) is 5.32 Å². The van der Waals surface area contributed by atoms with E-state index in [2.05, 4.69) is 21.3 Å². The second-order valence-electron chi connectivity index (χ2n) is 10.6. The molecule has 0 spiro atoms. The minimum atomic E-state index is -1.87. The van der Waals surface area contributed by atoms with Crippen LogP contribution in [0.1, 0.15) is 53.4 Å². The van der Waals surface area contributed by atoms with E-state index >= 15 is 0 Å². The maximum Gasteiger partial charge on any atom is 0.326 e. The predicted molar refractivity (Wildman–Crippen MR) is 153 cm³/mol. The van der Waals surface area contributed by atoms with E-state index < -0.39 is 116 Å². The van der Waals surface area contributed by atoms with Crippen LogP contribution >= 0.6 is 0 Å². The van der Waals surface area contributed by atoms with Crippen LogP contribution in [0.4, 0.5) is 0 Å². The van der Waals surface area contributed by atoms with Gasteiger partial charge in [0.05, 0.1) is 25.7 Å². The molecule has 0 unspecified atom stereocenters. The van der Waals surface area contributed by atoms with Crippen LogP contribution in [-0.2, 0) is 38.4 Å². The number of nitrogens with one attached hydrogen (secondary N) is 5. The molecule has 7 atom stereocenters. The molecule has 0 rings (SSSR count). The third-order valence-corrected chi connectivity index (χ3v) is 6.71. The lowest BCUT2D eigenvalue weighted by molar-refractivity contribution is -0.147. The zero-order valence-corrected chi connectivity index (χ0v) is 25.4. The lowest BCUT2D eigenvalue weighted by atomic mass is 9.98. The monoisotopic (exact) mass is 648 g/mol.